The number of rotatable bonds is 4. The number of nitrogens with two attached hydrogens (primary N) is 1. The van der Waals surface area contributed by atoms with E-state index in [1.54, 1.807) is 24.5 Å². The Hall–Kier alpha value is -2.16. The average molecular weight is 226 g/mol. The number of hydrogen-bond acceptors (Lipinski definition) is 3. The molecule has 0 aliphatic rings. The van der Waals surface area contributed by atoms with E-state index in [1.165, 1.54) is 0 Å². The van der Waals surface area contributed by atoms with Crippen LogP contribution in [0.3, 0.4) is 0 Å². The van der Waals surface area contributed by atoms with Gasteiger partial charge in [-0.15, -0.1) is 0 Å². The molecule has 2 N–H and O–H groups in total. The van der Waals surface area contributed by atoms with Crippen LogP contribution >= 0.6 is 0 Å². The summed E-state index contributed by atoms with van der Waals surface area (Å²) >= 11 is 0. The lowest BCUT2D eigenvalue weighted by molar-refractivity contribution is 0.0982. The summed E-state index contributed by atoms with van der Waals surface area (Å²) in [6.07, 6.45) is 4.49. The number of carbonyl (C=O) groups excluding carboxylic acids is 1. The number of nitrogens with zero attached hydrogens (tertiary/aromatic N) is 1. The van der Waals surface area contributed by atoms with E-state index in [1.807, 2.05) is 24.3 Å². The molecule has 0 saturated heterocycles. The van der Waals surface area contributed by atoms with Crippen LogP contribution in [-0.2, 0) is 6.42 Å². The molecule has 3 heteroatoms. The smallest absolute Gasteiger partial charge is 0.164 e. The molecule has 1 aromatic heterocycles. The lowest BCUT2D eigenvalue weighted by Crippen LogP contribution is -2.01. The van der Waals surface area contributed by atoms with Gasteiger partial charge in [-0.05, 0) is 36.2 Å². The van der Waals surface area contributed by atoms with Gasteiger partial charge in [0.25, 0.3) is 0 Å². The highest BCUT2D eigenvalue weighted by molar-refractivity contribution is 5.95. The average Bonchev–Trinajstić information content (AvgIpc) is 2.39. The Morgan fingerprint density at radius 1 is 1.18 bits per heavy atom. The Morgan fingerprint density at radius 3 is 2.59 bits per heavy atom. The Balaban J connectivity index is 1.95. The molecule has 0 bridgehead atoms. The number of ketones is 1. The summed E-state index contributed by atoms with van der Waals surface area (Å²) in [6.45, 7) is 0. The van der Waals surface area contributed by atoms with Gasteiger partial charge in [-0.2, -0.15) is 0 Å². The third-order valence-corrected chi connectivity index (χ3v) is 2.60. The van der Waals surface area contributed by atoms with Gasteiger partial charge in [0.05, 0.1) is 0 Å². The van der Waals surface area contributed by atoms with Crippen LogP contribution in [0.15, 0.2) is 48.8 Å². The highest BCUT2D eigenvalue weighted by Gasteiger charge is 2.05. The van der Waals surface area contributed by atoms with Crippen molar-refractivity contribution in [3.63, 3.8) is 0 Å². The lowest BCUT2D eigenvalue weighted by Gasteiger charge is -2.02. The molecular formula is C14H14N2O. The maximum absolute atomic E-state index is 11.8. The summed E-state index contributed by atoms with van der Waals surface area (Å²) in [6, 6.07) is 11.2. The van der Waals surface area contributed by atoms with Crippen molar-refractivity contribution in [1.29, 1.82) is 0 Å². The van der Waals surface area contributed by atoms with Crippen LogP contribution in [-0.4, -0.2) is 10.8 Å². The predicted octanol–water partition coefficient (Wildman–Crippen LogP) is 2.48. The van der Waals surface area contributed by atoms with E-state index in [-0.39, 0.29) is 5.78 Å². The standard InChI is InChI=1S/C14H14N2O/c15-13-6-3-11(4-7-13)5-8-14(17)12-2-1-9-16-10-12/h1-4,6-7,9-10H,5,8,15H2. The fraction of sp³-hybridized carbons (Fsp3) is 0.143. The quantitative estimate of drug-likeness (QED) is 0.643. The normalized spacial score (nSPS) is 10.1. The van der Waals surface area contributed by atoms with Crippen LogP contribution in [0.5, 0.6) is 0 Å². The SMILES string of the molecule is Nc1ccc(CCC(=O)c2cccnc2)cc1. The van der Waals surface area contributed by atoms with Crippen molar-refractivity contribution in [2.75, 3.05) is 5.73 Å². The molecule has 3 nitrogen and oxygen atoms in total. The third kappa shape index (κ3) is 3.14. The maximum atomic E-state index is 11.8. The van der Waals surface area contributed by atoms with Gasteiger partial charge in [0.15, 0.2) is 5.78 Å². The van der Waals surface area contributed by atoms with Gasteiger partial charge >= 0.3 is 0 Å². The van der Waals surface area contributed by atoms with Gasteiger partial charge in [0.2, 0.25) is 0 Å². The van der Waals surface area contributed by atoms with E-state index in [9.17, 15) is 4.79 Å². The van der Waals surface area contributed by atoms with Gasteiger partial charge in [0.1, 0.15) is 0 Å². The fourth-order valence-electron chi connectivity index (χ4n) is 1.61. The number of aromatic nitrogens is 1. The zero-order valence-corrected chi connectivity index (χ0v) is 9.47. The predicted molar refractivity (Wildman–Crippen MR) is 67.7 cm³/mol. The first-order valence-corrected chi connectivity index (χ1v) is 5.53. The van der Waals surface area contributed by atoms with Gasteiger partial charge < -0.3 is 5.73 Å². The number of pyridine rings is 1. The largest absolute Gasteiger partial charge is 0.399 e. The van der Waals surface area contributed by atoms with Crippen molar-refractivity contribution in [3.8, 4) is 0 Å². The summed E-state index contributed by atoms with van der Waals surface area (Å²) in [5.74, 6) is 0.120. The molecule has 0 aliphatic heterocycles. The van der Waals surface area contributed by atoms with Crippen LogP contribution in [0.25, 0.3) is 0 Å². The highest BCUT2D eigenvalue weighted by atomic mass is 16.1. The lowest BCUT2D eigenvalue weighted by atomic mass is 10.0. The van der Waals surface area contributed by atoms with E-state index in [4.69, 9.17) is 5.73 Å². The van der Waals surface area contributed by atoms with Crippen molar-refractivity contribution in [2.45, 2.75) is 12.8 Å². The zero-order chi connectivity index (χ0) is 12.1. The Kier molecular flexibility index (Phi) is 3.50. The van der Waals surface area contributed by atoms with Crippen LogP contribution < -0.4 is 5.73 Å². The first kappa shape index (κ1) is 11.3. The topological polar surface area (TPSA) is 56.0 Å². The number of carbonyl (C=O) groups is 1. The molecule has 17 heavy (non-hydrogen) atoms. The molecule has 0 aliphatic carbocycles. The van der Waals surface area contributed by atoms with Crippen molar-refractivity contribution in [2.24, 2.45) is 0 Å². The van der Waals surface area contributed by atoms with E-state index in [2.05, 4.69) is 4.98 Å². The molecule has 0 unspecified atom stereocenters. The number of Topliss-reactive ketones (excluding diaryl/α,β-unsaturated/α-hetero) is 1. The first-order chi connectivity index (χ1) is 8.25. The minimum atomic E-state index is 0.120. The molecule has 1 aromatic carbocycles. The second kappa shape index (κ2) is 5.25. The van der Waals surface area contributed by atoms with E-state index >= 15 is 0 Å². The second-order valence-corrected chi connectivity index (χ2v) is 3.91. The van der Waals surface area contributed by atoms with Crippen molar-refractivity contribution >= 4 is 11.5 Å². The van der Waals surface area contributed by atoms with Crippen molar-refractivity contribution in [1.82, 2.24) is 4.98 Å². The van der Waals surface area contributed by atoms with Crippen molar-refractivity contribution in [3.05, 3.63) is 59.9 Å². The monoisotopic (exact) mass is 226 g/mol. The second-order valence-electron chi connectivity index (χ2n) is 3.91. The summed E-state index contributed by atoms with van der Waals surface area (Å²) in [4.78, 5) is 15.8. The van der Waals surface area contributed by atoms with Crippen LogP contribution in [0.2, 0.25) is 0 Å². The summed E-state index contributed by atoms with van der Waals surface area (Å²) < 4.78 is 0. The number of hydrogen-bond donors (Lipinski definition) is 1. The fourth-order valence-corrected chi connectivity index (χ4v) is 1.61. The minimum Gasteiger partial charge on any atom is -0.399 e. The summed E-state index contributed by atoms with van der Waals surface area (Å²) in [5, 5.41) is 0. The maximum Gasteiger partial charge on any atom is 0.164 e. The number of nitrogen functional groups attached to an aromatic ring is 1. The molecule has 0 saturated carbocycles. The third-order valence-electron chi connectivity index (χ3n) is 2.60. The molecule has 0 fully saturated rings. The van der Waals surface area contributed by atoms with Crippen LogP contribution in [0, 0.1) is 0 Å². The molecule has 1 heterocycles. The molecular weight excluding hydrogens is 212 g/mol. The first-order valence-electron chi connectivity index (χ1n) is 5.53. The molecule has 86 valence electrons. The van der Waals surface area contributed by atoms with E-state index in [0.717, 1.165) is 17.7 Å². The Morgan fingerprint density at radius 2 is 1.94 bits per heavy atom. The van der Waals surface area contributed by atoms with Crippen molar-refractivity contribution < 1.29 is 4.79 Å². The molecule has 2 rings (SSSR count). The Bertz CT molecular complexity index is 491. The molecule has 0 atom stereocenters. The van der Waals surface area contributed by atoms with Crippen LogP contribution in [0.1, 0.15) is 22.3 Å². The van der Waals surface area contributed by atoms with Gasteiger partial charge in [-0.25, -0.2) is 0 Å². The van der Waals surface area contributed by atoms with E-state index in [0.29, 0.717) is 12.0 Å². The van der Waals surface area contributed by atoms with Gasteiger partial charge in [0, 0.05) is 30.1 Å². The minimum absolute atomic E-state index is 0.120. The Labute approximate surface area is 100 Å². The van der Waals surface area contributed by atoms with Gasteiger partial charge in [-0.1, -0.05) is 12.1 Å². The molecule has 2 aromatic rings. The zero-order valence-electron chi connectivity index (χ0n) is 9.47. The molecule has 0 radical (unpaired) electrons. The van der Waals surface area contributed by atoms with E-state index < -0.39 is 0 Å². The number of anilines is 1. The number of benzene rings is 1. The molecule has 0 amide bonds. The summed E-state index contributed by atoms with van der Waals surface area (Å²) in [5.41, 5.74) is 8.13. The molecule has 0 spiro atoms. The number of aryl methyl sites for hydroxylation is 1. The van der Waals surface area contributed by atoms with Crippen LogP contribution in [0.4, 0.5) is 5.69 Å². The highest BCUT2D eigenvalue weighted by Crippen LogP contribution is 2.10. The summed E-state index contributed by atoms with van der Waals surface area (Å²) in [7, 11) is 0. The van der Waals surface area contributed by atoms with Gasteiger partial charge in [-0.3, -0.25) is 9.78 Å².